The van der Waals surface area contributed by atoms with Gasteiger partial charge in [-0.3, -0.25) is 0 Å². The van der Waals surface area contributed by atoms with E-state index in [1.165, 1.54) is 44.8 Å². The highest BCUT2D eigenvalue weighted by molar-refractivity contribution is 5.34. The maximum absolute atomic E-state index is 13.2. The molecule has 20 heavy (non-hydrogen) atoms. The van der Waals surface area contributed by atoms with Gasteiger partial charge in [0, 0.05) is 19.6 Å². The minimum Gasteiger partial charge on any atom is -0.311 e. The van der Waals surface area contributed by atoms with Gasteiger partial charge in [-0.25, -0.2) is 4.39 Å². The van der Waals surface area contributed by atoms with Crippen molar-refractivity contribution in [2.24, 2.45) is 0 Å². The third-order valence-electron chi connectivity index (χ3n) is 3.78. The van der Waals surface area contributed by atoms with Crippen molar-refractivity contribution in [3.05, 3.63) is 35.1 Å². The average Bonchev–Trinajstić information content (AvgIpc) is 2.74. The Morgan fingerprint density at radius 3 is 2.65 bits per heavy atom. The Balaban J connectivity index is 1.71. The molecule has 0 bridgehead atoms. The Morgan fingerprint density at radius 2 is 1.95 bits per heavy atom. The number of benzene rings is 1. The molecule has 2 rings (SSSR count). The fourth-order valence-corrected chi connectivity index (χ4v) is 2.60. The van der Waals surface area contributed by atoms with Crippen molar-refractivity contribution in [3.8, 4) is 6.07 Å². The van der Waals surface area contributed by atoms with Gasteiger partial charge in [0.25, 0.3) is 0 Å². The van der Waals surface area contributed by atoms with Crippen LogP contribution >= 0.6 is 0 Å². The van der Waals surface area contributed by atoms with Crippen LogP contribution in [0.2, 0.25) is 0 Å². The van der Waals surface area contributed by atoms with Gasteiger partial charge in [0.2, 0.25) is 0 Å². The zero-order valence-corrected chi connectivity index (χ0v) is 11.9. The monoisotopic (exact) mass is 275 g/mol. The fraction of sp³-hybridized carbons (Fsp3) is 0.562. The summed E-state index contributed by atoms with van der Waals surface area (Å²) in [4.78, 5) is 2.51. The maximum Gasteiger partial charge on any atom is 0.140 e. The Hall–Kier alpha value is -1.44. The largest absolute Gasteiger partial charge is 0.311 e. The lowest BCUT2D eigenvalue weighted by molar-refractivity contribution is 0.284. The summed E-state index contributed by atoms with van der Waals surface area (Å²) in [6.07, 6.45) is 5.33. The predicted molar refractivity (Wildman–Crippen MR) is 77.7 cm³/mol. The molecule has 3 nitrogen and oxygen atoms in total. The molecule has 0 unspecified atom stereocenters. The molecule has 0 aliphatic carbocycles. The lowest BCUT2D eigenvalue weighted by Crippen LogP contribution is -2.32. The first-order chi connectivity index (χ1) is 9.79. The van der Waals surface area contributed by atoms with E-state index in [0.717, 1.165) is 18.7 Å². The number of nitrogens with one attached hydrogen (secondary N) is 1. The molecule has 1 aliphatic heterocycles. The Kier molecular flexibility index (Phi) is 5.97. The number of hydrogen-bond acceptors (Lipinski definition) is 3. The third kappa shape index (κ3) is 4.59. The van der Waals surface area contributed by atoms with Crippen molar-refractivity contribution < 1.29 is 4.39 Å². The summed E-state index contributed by atoms with van der Waals surface area (Å²) >= 11 is 0. The summed E-state index contributed by atoms with van der Waals surface area (Å²) in [7, 11) is 0. The van der Waals surface area contributed by atoms with Crippen LogP contribution in [0.5, 0.6) is 0 Å². The number of likely N-dealkylation sites (tertiary alicyclic amines) is 1. The number of rotatable bonds is 5. The molecule has 0 amide bonds. The number of halogens is 1. The van der Waals surface area contributed by atoms with Gasteiger partial charge >= 0.3 is 0 Å². The highest BCUT2D eigenvalue weighted by Crippen LogP contribution is 2.10. The third-order valence-corrected chi connectivity index (χ3v) is 3.78. The van der Waals surface area contributed by atoms with Crippen LogP contribution in [0.25, 0.3) is 0 Å². The molecule has 1 saturated heterocycles. The van der Waals surface area contributed by atoms with Gasteiger partial charge in [0.15, 0.2) is 0 Å². The van der Waals surface area contributed by atoms with Crippen molar-refractivity contribution in [1.82, 2.24) is 10.2 Å². The highest BCUT2D eigenvalue weighted by atomic mass is 19.1. The minimum atomic E-state index is -0.444. The first-order valence-electron chi connectivity index (χ1n) is 7.41. The lowest BCUT2D eigenvalue weighted by Gasteiger charge is -2.19. The Morgan fingerprint density at radius 1 is 1.20 bits per heavy atom. The summed E-state index contributed by atoms with van der Waals surface area (Å²) in [6, 6.07) is 6.59. The minimum absolute atomic E-state index is 0.122. The van der Waals surface area contributed by atoms with Gasteiger partial charge in [-0.15, -0.1) is 0 Å². The number of nitrogens with zero attached hydrogens (tertiary/aromatic N) is 2. The predicted octanol–water partition coefficient (Wildman–Crippen LogP) is 2.66. The van der Waals surface area contributed by atoms with E-state index < -0.39 is 5.82 Å². The second kappa shape index (κ2) is 7.98. The normalized spacial score (nSPS) is 16.6. The standard InChI is InChI=1S/C16H22FN3/c17-16-6-5-14(11-15(16)12-18)13-19-7-10-20-8-3-1-2-4-9-20/h5-6,11,19H,1-4,7-10,13H2. The second-order valence-corrected chi connectivity index (χ2v) is 5.36. The molecule has 1 aromatic rings. The summed E-state index contributed by atoms with van der Waals surface area (Å²) in [5, 5.41) is 12.2. The van der Waals surface area contributed by atoms with Crippen molar-refractivity contribution >= 4 is 0 Å². The molecule has 1 fully saturated rings. The molecule has 1 aromatic carbocycles. The van der Waals surface area contributed by atoms with Crippen LogP contribution in [0.3, 0.4) is 0 Å². The summed E-state index contributed by atoms with van der Waals surface area (Å²) in [6.45, 7) is 5.09. The molecule has 0 spiro atoms. The van der Waals surface area contributed by atoms with Crippen LogP contribution < -0.4 is 5.32 Å². The quantitative estimate of drug-likeness (QED) is 0.840. The fourth-order valence-electron chi connectivity index (χ4n) is 2.60. The second-order valence-electron chi connectivity index (χ2n) is 5.36. The Bertz CT molecular complexity index is 459. The number of nitriles is 1. The van der Waals surface area contributed by atoms with E-state index in [1.807, 2.05) is 6.07 Å². The molecule has 0 radical (unpaired) electrons. The van der Waals surface area contributed by atoms with Crippen LogP contribution in [0, 0.1) is 17.1 Å². The van der Waals surface area contributed by atoms with Crippen LogP contribution in [-0.4, -0.2) is 31.1 Å². The van der Waals surface area contributed by atoms with E-state index in [2.05, 4.69) is 10.2 Å². The summed E-state index contributed by atoms with van der Waals surface area (Å²) < 4.78 is 13.2. The molecule has 108 valence electrons. The highest BCUT2D eigenvalue weighted by Gasteiger charge is 2.08. The van der Waals surface area contributed by atoms with Crippen LogP contribution in [0.4, 0.5) is 4.39 Å². The first kappa shape index (κ1) is 15.0. The van der Waals surface area contributed by atoms with Gasteiger partial charge in [0.05, 0.1) is 5.56 Å². The van der Waals surface area contributed by atoms with E-state index >= 15 is 0 Å². The lowest BCUT2D eigenvalue weighted by atomic mass is 10.1. The van der Waals surface area contributed by atoms with Gasteiger partial charge in [-0.2, -0.15) is 5.26 Å². The van der Waals surface area contributed by atoms with Crippen molar-refractivity contribution in [1.29, 1.82) is 5.26 Å². The average molecular weight is 275 g/mol. The molecule has 0 atom stereocenters. The van der Waals surface area contributed by atoms with E-state index in [9.17, 15) is 4.39 Å². The molecule has 1 N–H and O–H groups in total. The van der Waals surface area contributed by atoms with Gasteiger partial charge < -0.3 is 10.2 Å². The van der Waals surface area contributed by atoms with Crippen LogP contribution in [0.15, 0.2) is 18.2 Å². The maximum atomic E-state index is 13.2. The number of hydrogen-bond donors (Lipinski definition) is 1. The topological polar surface area (TPSA) is 39.1 Å². The van der Waals surface area contributed by atoms with Crippen LogP contribution in [0.1, 0.15) is 36.8 Å². The molecule has 4 heteroatoms. The summed E-state index contributed by atoms with van der Waals surface area (Å²) in [5.41, 5.74) is 1.08. The van der Waals surface area contributed by atoms with Crippen molar-refractivity contribution in [3.63, 3.8) is 0 Å². The van der Waals surface area contributed by atoms with Gasteiger partial charge in [-0.1, -0.05) is 18.9 Å². The molecular formula is C16H22FN3. The summed E-state index contributed by atoms with van der Waals surface area (Å²) in [5.74, 6) is -0.444. The molecule has 1 aliphatic rings. The smallest absolute Gasteiger partial charge is 0.140 e. The Labute approximate surface area is 120 Å². The van der Waals surface area contributed by atoms with Crippen LogP contribution in [-0.2, 0) is 6.54 Å². The van der Waals surface area contributed by atoms with Crippen molar-refractivity contribution in [2.45, 2.75) is 32.2 Å². The van der Waals surface area contributed by atoms with E-state index in [1.54, 1.807) is 12.1 Å². The SMILES string of the molecule is N#Cc1cc(CNCCN2CCCCCC2)ccc1F. The van der Waals surface area contributed by atoms with E-state index in [0.29, 0.717) is 6.54 Å². The first-order valence-corrected chi connectivity index (χ1v) is 7.41. The van der Waals surface area contributed by atoms with Gasteiger partial charge in [0.1, 0.15) is 11.9 Å². The molecular weight excluding hydrogens is 253 g/mol. The zero-order valence-electron chi connectivity index (χ0n) is 11.9. The van der Waals surface area contributed by atoms with Gasteiger partial charge in [-0.05, 0) is 43.6 Å². The molecule has 1 heterocycles. The molecule has 0 saturated carbocycles. The zero-order chi connectivity index (χ0) is 14.2. The van der Waals surface area contributed by atoms with E-state index in [-0.39, 0.29) is 5.56 Å². The molecule has 0 aromatic heterocycles. The van der Waals surface area contributed by atoms with Crippen molar-refractivity contribution in [2.75, 3.05) is 26.2 Å². The van der Waals surface area contributed by atoms with E-state index in [4.69, 9.17) is 5.26 Å².